The summed E-state index contributed by atoms with van der Waals surface area (Å²) in [6.07, 6.45) is 1.70. The van der Waals surface area contributed by atoms with Crippen LogP contribution < -0.4 is 5.73 Å². The van der Waals surface area contributed by atoms with E-state index in [0.717, 1.165) is 15.7 Å². The lowest BCUT2D eigenvalue weighted by Gasteiger charge is -2.17. The van der Waals surface area contributed by atoms with Gasteiger partial charge in [-0.15, -0.1) is 0 Å². The fourth-order valence-corrected chi connectivity index (χ4v) is 3.08. The maximum atomic E-state index is 13.2. The molecule has 0 saturated carbocycles. The van der Waals surface area contributed by atoms with Crippen LogP contribution in [0.25, 0.3) is 0 Å². The molecule has 0 bridgehead atoms. The third kappa shape index (κ3) is 3.28. The molecule has 1 atom stereocenters. The van der Waals surface area contributed by atoms with Gasteiger partial charge in [-0.1, -0.05) is 22.0 Å². The number of rotatable bonds is 5. The van der Waals surface area contributed by atoms with Crippen molar-refractivity contribution in [2.75, 3.05) is 13.7 Å². The van der Waals surface area contributed by atoms with Crippen LogP contribution in [0.15, 0.2) is 33.3 Å². The molecule has 1 aromatic carbocycles. The van der Waals surface area contributed by atoms with Crippen molar-refractivity contribution in [2.45, 2.75) is 12.6 Å². The fraction of sp³-hybridized carbons (Fsp3) is 0.308. The Labute approximate surface area is 133 Å². The Morgan fingerprint density at radius 3 is 2.80 bits per heavy atom. The first-order valence-electron chi connectivity index (χ1n) is 5.95. The van der Waals surface area contributed by atoms with Gasteiger partial charge in [-0.05, 0) is 33.6 Å². The van der Waals surface area contributed by atoms with Gasteiger partial charge in [-0.3, -0.25) is 4.68 Å². The van der Waals surface area contributed by atoms with Crippen molar-refractivity contribution in [3.8, 4) is 0 Å². The molecule has 0 aliphatic heterocycles. The van der Waals surface area contributed by atoms with Gasteiger partial charge in [0.1, 0.15) is 5.82 Å². The second-order valence-electron chi connectivity index (χ2n) is 4.24. The number of nitrogens with two attached hydrogens (primary N) is 1. The average molecular weight is 407 g/mol. The molecule has 0 amide bonds. The van der Waals surface area contributed by atoms with Crippen LogP contribution in [-0.4, -0.2) is 23.5 Å². The molecule has 0 aliphatic carbocycles. The number of halogens is 3. The second-order valence-corrected chi connectivity index (χ2v) is 5.95. The number of hydrogen-bond donors (Lipinski definition) is 1. The van der Waals surface area contributed by atoms with E-state index in [1.54, 1.807) is 24.1 Å². The Morgan fingerprint density at radius 1 is 1.40 bits per heavy atom. The third-order valence-electron chi connectivity index (χ3n) is 2.93. The Bertz CT molecular complexity index is 603. The monoisotopic (exact) mass is 405 g/mol. The van der Waals surface area contributed by atoms with Gasteiger partial charge in [0.25, 0.3) is 0 Å². The smallest absolute Gasteiger partial charge is 0.124 e. The first kappa shape index (κ1) is 15.6. The second kappa shape index (κ2) is 6.80. The van der Waals surface area contributed by atoms with Crippen LogP contribution >= 0.6 is 31.9 Å². The number of benzene rings is 1. The molecule has 1 heterocycles. The van der Waals surface area contributed by atoms with Crippen molar-refractivity contribution in [3.05, 3.63) is 50.4 Å². The van der Waals surface area contributed by atoms with E-state index in [9.17, 15) is 4.39 Å². The van der Waals surface area contributed by atoms with Crippen LogP contribution in [0.4, 0.5) is 4.39 Å². The van der Waals surface area contributed by atoms with E-state index in [2.05, 4.69) is 37.0 Å². The summed E-state index contributed by atoms with van der Waals surface area (Å²) in [4.78, 5) is 0. The molecule has 1 aromatic heterocycles. The quantitative estimate of drug-likeness (QED) is 0.829. The number of aromatic nitrogens is 2. The van der Waals surface area contributed by atoms with Crippen molar-refractivity contribution in [1.29, 1.82) is 0 Å². The van der Waals surface area contributed by atoms with Crippen molar-refractivity contribution in [2.24, 2.45) is 5.73 Å². The standard InChI is InChI=1S/C13H14Br2FN3O/c1-20-5-4-19-13(11(15)7-18-19)12(17)9-3-2-8(16)6-10(9)14/h2-3,6-7,12H,4-5,17H2,1H3. The molecule has 2 rings (SSSR count). The lowest BCUT2D eigenvalue weighted by molar-refractivity contribution is 0.182. The lowest BCUT2D eigenvalue weighted by atomic mass is 10.0. The molecule has 0 fully saturated rings. The van der Waals surface area contributed by atoms with Crippen LogP contribution in [0, 0.1) is 5.82 Å². The Balaban J connectivity index is 2.37. The molecule has 0 saturated heterocycles. The minimum absolute atomic E-state index is 0.306. The minimum atomic E-state index is -0.418. The van der Waals surface area contributed by atoms with Gasteiger partial charge in [0.2, 0.25) is 0 Å². The van der Waals surface area contributed by atoms with Gasteiger partial charge in [-0.25, -0.2) is 4.39 Å². The highest BCUT2D eigenvalue weighted by Crippen LogP contribution is 2.31. The van der Waals surface area contributed by atoms with Crippen LogP contribution in [0.2, 0.25) is 0 Å². The molecule has 0 spiro atoms. The largest absolute Gasteiger partial charge is 0.383 e. The molecular formula is C13H14Br2FN3O. The first-order chi connectivity index (χ1) is 9.54. The maximum absolute atomic E-state index is 13.2. The predicted octanol–water partition coefficient (Wildman–Crippen LogP) is 3.24. The van der Waals surface area contributed by atoms with Crippen LogP contribution in [0.3, 0.4) is 0 Å². The predicted molar refractivity (Wildman–Crippen MR) is 81.9 cm³/mol. The van der Waals surface area contributed by atoms with E-state index in [0.29, 0.717) is 17.6 Å². The van der Waals surface area contributed by atoms with E-state index >= 15 is 0 Å². The Kier molecular flexibility index (Phi) is 5.31. The number of hydrogen-bond acceptors (Lipinski definition) is 3. The highest BCUT2D eigenvalue weighted by molar-refractivity contribution is 9.10. The fourth-order valence-electron chi connectivity index (χ4n) is 1.94. The summed E-state index contributed by atoms with van der Waals surface area (Å²) in [6.45, 7) is 1.14. The highest BCUT2D eigenvalue weighted by Gasteiger charge is 2.20. The molecule has 2 N–H and O–H groups in total. The summed E-state index contributed by atoms with van der Waals surface area (Å²) in [6, 6.07) is 4.05. The van der Waals surface area contributed by atoms with Crippen molar-refractivity contribution >= 4 is 31.9 Å². The molecule has 2 aromatic rings. The van der Waals surface area contributed by atoms with Gasteiger partial charge in [-0.2, -0.15) is 5.10 Å². The summed E-state index contributed by atoms with van der Waals surface area (Å²) in [7, 11) is 1.63. The zero-order chi connectivity index (χ0) is 14.7. The summed E-state index contributed by atoms with van der Waals surface area (Å²) < 4.78 is 21.5. The van der Waals surface area contributed by atoms with Gasteiger partial charge in [0, 0.05) is 11.6 Å². The Hall–Kier alpha value is -0.760. The Morgan fingerprint density at radius 2 is 2.15 bits per heavy atom. The van der Waals surface area contributed by atoms with E-state index in [-0.39, 0.29) is 5.82 Å². The number of methoxy groups -OCH3 is 1. The molecule has 1 unspecified atom stereocenters. The van der Waals surface area contributed by atoms with Crippen molar-refractivity contribution in [1.82, 2.24) is 9.78 Å². The highest BCUT2D eigenvalue weighted by atomic mass is 79.9. The van der Waals surface area contributed by atoms with Gasteiger partial charge in [0.15, 0.2) is 0 Å². The third-order valence-corrected chi connectivity index (χ3v) is 4.23. The SMILES string of the molecule is COCCn1ncc(Br)c1C(N)c1ccc(F)cc1Br. The van der Waals surface area contributed by atoms with Gasteiger partial charge >= 0.3 is 0 Å². The first-order valence-corrected chi connectivity index (χ1v) is 7.54. The summed E-state index contributed by atoms with van der Waals surface area (Å²) >= 11 is 6.80. The van der Waals surface area contributed by atoms with E-state index in [4.69, 9.17) is 10.5 Å². The topological polar surface area (TPSA) is 53.1 Å². The van der Waals surface area contributed by atoms with E-state index in [1.807, 2.05) is 0 Å². The molecular weight excluding hydrogens is 393 g/mol. The molecule has 7 heteroatoms. The zero-order valence-corrected chi connectivity index (χ0v) is 14.0. The maximum Gasteiger partial charge on any atom is 0.124 e. The average Bonchev–Trinajstić information content (AvgIpc) is 2.77. The molecule has 108 valence electrons. The van der Waals surface area contributed by atoms with Gasteiger partial charge < -0.3 is 10.5 Å². The van der Waals surface area contributed by atoms with Crippen molar-refractivity contribution < 1.29 is 9.13 Å². The van der Waals surface area contributed by atoms with E-state index < -0.39 is 6.04 Å². The summed E-state index contributed by atoms with van der Waals surface area (Å²) in [5.41, 5.74) is 7.93. The molecule has 20 heavy (non-hydrogen) atoms. The van der Waals surface area contributed by atoms with E-state index in [1.165, 1.54) is 12.1 Å². The van der Waals surface area contributed by atoms with Crippen LogP contribution in [0.5, 0.6) is 0 Å². The number of ether oxygens (including phenoxy) is 1. The zero-order valence-electron chi connectivity index (χ0n) is 10.8. The molecule has 0 radical (unpaired) electrons. The van der Waals surface area contributed by atoms with Gasteiger partial charge in [0.05, 0.1) is 35.6 Å². The normalized spacial score (nSPS) is 12.7. The lowest BCUT2D eigenvalue weighted by Crippen LogP contribution is -2.20. The van der Waals surface area contributed by atoms with Crippen LogP contribution in [0.1, 0.15) is 17.3 Å². The number of nitrogens with zero attached hydrogens (tertiary/aromatic N) is 2. The minimum Gasteiger partial charge on any atom is -0.383 e. The molecule has 4 nitrogen and oxygen atoms in total. The molecule has 0 aliphatic rings. The van der Waals surface area contributed by atoms with Crippen LogP contribution in [-0.2, 0) is 11.3 Å². The van der Waals surface area contributed by atoms with Crippen molar-refractivity contribution in [3.63, 3.8) is 0 Å². The summed E-state index contributed by atoms with van der Waals surface area (Å²) in [5, 5.41) is 4.27. The summed E-state index contributed by atoms with van der Waals surface area (Å²) in [5.74, 6) is -0.306.